The molecule has 0 saturated carbocycles. The minimum Gasteiger partial charge on any atom is -0.408 e. The maximum atomic E-state index is 11.0. The summed E-state index contributed by atoms with van der Waals surface area (Å²) in [5.74, 6) is -0.414. The van der Waals surface area contributed by atoms with Crippen LogP contribution in [-0.4, -0.2) is 24.2 Å². The number of nitrogens with one attached hydrogen (secondary N) is 2. The molecule has 1 aromatic carbocycles. The van der Waals surface area contributed by atoms with Gasteiger partial charge in [0.2, 0.25) is 0 Å². The fourth-order valence-corrected chi connectivity index (χ4v) is 2.12. The third kappa shape index (κ3) is 2.19. The molecule has 1 aliphatic rings. The first kappa shape index (κ1) is 10.4. The molecule has 3 rings (SSSR count). The van der Waals surface area contributed by atoms with Crippen molar-refractivity contribution in [1.82, 2.24) is 4.98 Å². The van der Waals surface area contributed by atoms with E-state index in [9.17, 15) is 4.79 Å². The molecule has 0 unspecified atom stereocenters. The maximum Gasteiger partial charge on any atom is 0.417 e. The molecule has 0 amide bonds. The second-order valence-corrected chi connectivity index (χ2v) is 4.26. The summed E-state index contributed by atoms with van der Waals surface area (Å²) in [5.41, 5.74) is 2.32. The van der Waals surface area contributed by atoms with Gasteiger partial charge in [0, 0.05) is 24.9 Å². The van der Waals surface area contributed by atoms with Crippen molar-refractivity contribution in [2.75, 3.05) is 18.5 Å². The number of H-pyrrole nitrogens is 1. The van der Waals surface area contributed by atoms with Crippen molar-refractivity contribution in [2.24, 2.45) is 0 Å². The van der Waals surface area contributed by atoms with Gasteiger partial charge in [-0.2, -0.15) is 0 Å². The smallest absolute Gasteiger partial charge is 0.408 e. The summed E-state index contributed by atoms with van der Waals surface area (Å²) in [5, 5.41) is 3.44. The maximum absolute atomic E-state index is 11.0. The zero-order chi connectivity index (χ0) is 11.7. The van der Waals surface area contributed by atoms with Crippen LogP contribution in [0, 0.1) is 0 Å². The Morgan fingerprint density at radius 3 is 2.94 bits per heavy atom. The first-order valence-corrected chi connectivity index (χ1v) is 5.78. The van der Waals surface area contributed by atoms with Gasteiger partial charge in [0.1, 0.15) is 0 Å². The molecule has 5 nitrogen and oxygen atoms in total. The first-order valence-electron chi connectivity index (χ1n) is 5.78. The van der Waals surface area contributed by atoms with Crippen LogP contribution in [0.1, 0.15) is 12.8 Å². The zero-order valence-electron chi connectivity index (χ0n) is 9.36. The van der Waals surface area contributed by atoms with E-state index in [1.54, 1.807) is 6.07 Å². The molecule has 2 aromatic rings. The van der Waals surface area contributed by atoms with Gasteiger partial charge in [0.25, 0.3) is 0 Å². The highest BCUT2D eigenvalue weighted by Crippen LogP contribution is 2.19. The highest BCUT2D eigenvalue weighted by molar-refractivity contribution is 5.76. The van der Waals surface area contributed by atoms with Gasteiger partial charge in [0.05, 0.1) is 5.52 Å². The fourth-order valence-electron chi connectivity index (χ4n) is 2.12. The molecular formula is C12H14N2O3. The van der Waals surface area contributed by atoms with Gasteiger partial charge < -0.3 is 14.5 Å². The van der Waals surface area contributed by atoms with E-state index in [-0.39, 0.29) is 0 Å². The SMILES string of the molecule is O=c1[nH]c2cc(NC3CCOCC3)ccc2o1. The molecule has 2 N–H and O–H groups in total. The molecule has 0 bridgehead atoms. The van der Waals surface area contributed by atoms with Crippen LogP contribution < -0.4 is 11.1 Å². The van der Waals surface area contributed by atoms with E-state index < -0.39 is 5.76 Å². The number of anilines is 1. The van der Waals surface area contributed by atoms with Crippen molar-refractivity contribution in [3.8, 4) is 0 Å². The van der Waals surface area contributed by atoms with Crippen molar-refractivity contribution < 1.29 is 9.15 Å². The molecule has 5 heteroatoms. The number of rotatable bonds is 2. The van der Waals surface area contributed by atoms with Crippen LogP contribution >= 0.6 is 0 Å². The second kappa shape index (κ2) is 4.25. The highest BCUT2D eigenvalue weighted by atomic mass is 16.5. The van der Waals surface area contributed by atoms with Gasteiger partial charge in [-0.1, -0.05) is 0 Å². The van der Waals surface area contributed by atoms with Crippen molar-refractivity contribution in [2.45, 2.75) is 18.9 Å². The van der Waals surface area contributed by atoms with Crippen LogP contribution in [0.2, 0.25) is 0 Å². The quantitative estimate of drug-likeness (QED) is 0.830. The number of aromatic amines is 1. The largest absolute Gasteiger partial charge is 0.417 e. The molecule has 0 radical (unpaired) electrons. The van der Waals surface area contributed by atoms with Crippen molar-refractivity contribution in [1.29, 1.82) is 0 Å². The molecule has 17 heavy (non-hydrogen) atoms. The Kier molecular flexibility index (Phi) is 2.60. The number of hydrogen-bond donors (Lipinski definition) is 2. The molecule has 0 atom stereocenters. The zero-order valence-corrected chi connectivity index (χ0v) is 9.36. The molecule has 2 heterocycles. The van der Waals surface area contributed by atoms with E-state index in [2.05, 4.69) is 10.3 Å². The van der Waals surface area contributed by atoms with E-state index >= 15 is 0 Å². The fraction of sp³-hybridized carbons (Fsp3) is 0.417. The number of oxazole rings is 1. The lowest BCUT2D eigenvalue weighted by molar-refractivity contribution is 0.0904. The summed E-state index contributed by atoms with van der Waals surface area (Å²) < 4.78 is 10.3. The average Bonchev–Trinajstić information content (AvgIpc) is 2.70. The Hall–Kier alpha value is -1.75. The van der Waals surface area contributed by atoms with Gasteiger partial charge >= 0.3 is 5.76 Å². The molecule has 0 aliphatic carbocycles. The lowest BCUT2D eigenvalue weighted by atomic mass is 10.1. The number of fused-ring (bicyclic) bond motifs is 1. The van der Waals surface area contributed by atoms with E-state index in [1.165, 1.54) is 0 Å². The highest BCUT2D eigenvalue weighted by Gasteiger charge is 2.13. The third-order valence-corrected chi connectivity index (χ3v) is 3.01. The predicted octanol–water partition coefficient (Wildman–Crippen LogP) is 1.71. The average molecular weight is 234 g/mol. The Morgan fingerprint density at radius 1 is 1.29 bits per heavy atom. The van der Waals surface area contributed by atoms with Crippen LogP contribution in [0.3, 0.4) is 0 Å². The summed E-state index contributed by atoms with van der Waals surface area (Å²) >= 11 is 0. The Bertz CT molecular complexity index is 566. The first-order chi connectivity index (χ1) is 8.31. The van der Waals surface area contributed by atoms with Crippen molar-refractivity contribution >= 4 is 16.8 Å². The number of aromatic nitrogens is 1. The van der Waals surface area contributed by atoms with Crippen LogP contribution in [0.15, 0.2) is 27.4 Å². The van der Waals surface area contributed by atoms with Gasteiger partial charge in [-0.3, -0.25) is 4.98 Å². The number of ether oxygens (including phenoxy) is 1. The molecule has 1 fully saturated rings. The summed E-state index contributed by atoms with van der Waals surface area (Å²) in [6, 6.07) is 6.07. The molecule has 1 aliphatic heterocycles. The standard InChI is InChI=1S/C12H14N2O3/c15-12-14-10-7-9(1-2-11(10)17-12)13-8-3-5-16-6-4-8/h1-2,7-8,13H,3-6H2,(H,14,15). The minimum atomic E-state index is -0.414. The monoisotopic (exact) mass is 234 g/mol. The molecule has 0 spiro atoms. The Morgan fingerprint density at radius 2 is 2.12 bits per heavy atom. The third-order valence-electron chi connectivity index (χ3n) is 3.01. The summed E-state index contributed by atoms with van der Waals surface area (Å²) in [6.07, 6.45) is 2.03. The van der Waals surface area contributed by atoms with E-state index in [0.29, 0.717) is 11.6 Å². The minimum absolute atomic E-state index is 0.414. The van der Waals surface area contributed by atoms with Gasteiger partial charge in [-0.25, -0.2) is 4.79 Å². The van der Waals surface area contributed by atoms with Crippen LogP contribution in [0.25, 0.3) is 11.1 Å². The van der Waals surface area contributed by atoms with Crippen LogP contribution in [0.5, 0.6) is 0 Å². The van der Waals surface area contributed by atoms with E-state index in [4.69, 9.17) is 9.15 Å². The topological polar surface area (TPSA) is 67.3 Å². The van der Waals surface area contributed by atoms with Crippen molar-refractivity contribution in [3.63, 3.8) is 0 Å². The lowest BCUT2D eigenvalue weighted by Gasteiger charge is -2.24. The lowest BCUT2D eigenvalue weighted by Crippen LogP contribution is -2.27. The van der Waals surface area contributed by atoms with Crippen LogP contribution in [0.4, 0.5) is 5.69 Å². The second-order valence-electron chi connectivity index (χ2n) is 4.26. The molecular weight excluding hydrogens is 220 g/mol. The molecule has 1 aromatic heterocycles. The van der Waals surface area contributed by atoms with Gasteiger partial charge in [0.15, 0.2) is 5.58 Å². The Balaban J connectivity index is 1.82. The molecule has 90 valence electrons. The molecule has 1 saturated heterocycles. The summed E-state index contributed by atoms with van der Waals surface area (Å²) in [6.45, 7) is 1.62. The predicted molar refractivity (Wildman–Crippen MR) is 64.3 cm³/mol. The summed E-state index contributed by atoms with van der Waals surface area (Å²) in [7, 11) is 0. The number of benzene rings is 1. The van der Waals surface area contributed by atoms with E-state index in [1.807, 2.05) is 12.1 Å². The normalized spacial score (nSPS) is 17.4. The number of hydrogen-bond acceptors (Lipinski definition) is 4. The van der Waals surface area contributed by atoms with Gasteiger partial charge in [-0.05, 0) is 31.0 Å². The van der Waals surface area contributed by atoms with E-state index in [0.717, 1.165) is 37.3 Å². The van der Waals surface area contributed by atoms with Gasteiger partial charge in [-0.15, -0.1) is 0 Å². The summed E-state index contributed by atoms with van der Waals surface area (Å²) in [4.78, 5) is 13.7. The van der Waals surface area contributed by atoms with Crippen molar-refractivity contribution in [3.05, 3.63) is 28.7 Å². The Labute approximate surface area is 97.8 Å². The van der Waals surface area contributed by atoms with Crippen LogP contribution in [-0.2, 0) is 4.74 Å².